The average molecular weight is 327 g/mol. The van der Waals surface area contributed by atoms with Crippen molar-refractivity contribution in [2.24, 2.45) is 12.8 Å². The van der Waals surface area contributed by atoms with E-state index in [9.17, 15) is 0 Å². The van der Waals surface area contributed by atoms with Gasteiger partial charge in [0.1, 0.15) is 5.82 Å². The van der Waals surface area contributed by atoms with Crippen molar-refractivity contribution in [3.63, 3.8) is 0 Å². The summed E-state index contributed by atoms with van der Waals surface area (Å²) in [5, 5.41) is 9.06. The Kier molecular flexibility index (Phi) is 4.09. The number of nitrogens with two attached hydrogens (primary N) is 1. The minimum atomic E-state index is 0.0393. The first-order valence-corrected chi connectivity index (χ1v) is 7.19. The first kappa shape index (κ1) is 13.6. The van der Waals surface area contributed by atoms with Crippen molar-refractivity contribution >= 4 is 27.7 Å². The number of hydrogen-bond acceptors (Lipinski definition) is 4. The molecule has 4 nitrogen and oxygen atoms in total. The van der Waals surface area contributed by atoms with E-state index in [-0.39, 0.29) is 6.04 Å². The highest BCUT2D eigenvalue weighted by molar-refractivity contribution is 9.10. The molecule has 1 atom stereocenters. The van der Waals surface area contributed by atoms with Crippen molar-refractivity contribution in [2.45, 2.75) is 29.9 Å². The quantitative estimate of drug-likeness (QED) is 0.941. The molecular formula is C12H15BrN4S. The number of nitrogens with zero attached hydrogens (tertiary/aromatic N) is 3. The lowest BCUT2D eigenvalue weighted by molar-refractivity contribution is 0.765. The maximum atomic E-state index is 5.86. The minimum Gasteiger partial charge on any atom is -0.324 e. The first-order valence-electron chi connectivity index (χ1n) is 5.58. The summed E-state index contributed by atoms with van der Waals surface area (Å²) in [6.07, 6.45) is 0. The van der Waals surface area contributed by atoms with Crippen molar-refractivity contribution in [2.75, 3.05) is 0 Å². The normalized spacial score (nSPS) is 12.7. The highest BCUT2D eigenvalue weighted by Crippen LogP contribution is 2.33. The van der Waals surface area contributed by atoms with Crippen LogP contribution in [0.4, 0.5) is 0 Å². The smallest absolute Gasteiger partial charge is 0.195 e. The van der Waals surface area contributed by atoms with Crippen molar-refractivity contribution < 1.29 is 0 Å². The molecule has 1 heterocycles. The zero-order valence-electron chi connectivity index (χ0n) is 10.5. The topological polar surface area (TPSA) is 56.7 Å². The van der Waals surface area contributed by atoms with Gasteiger partial charge in [0.05, 0.1) is 0 Å². The summed E-state index contributed by atoms with van der Waals surface area (Å²) in [7, 11) is 1.96. The van der Waals surface area contributed by atoms with Crippen LogP contribution in [-0.4, -0.2) is 14.8 Å². The van der Waals surface area contributed by atoms with E-state index in [1.54, 1.807) is 11.8 Å². The number of rotatable bonds is 3. The van der Waals surface area contributed by atoms with Crippen molar-refractivity contribution in [3.05, 3.63) is 34.1 Å². The van der Waals surface area contributed by atoms with E-state index in [4.69, 9.17) is 5.73 Å². The Balaban J connectivity index is 2.27. The highest BCUT2D eigenvalue weighted by Gasteiger charge is 2.10. The predicted octanol–water partition coefficient (Wildman–Crippen LogP) is 3.06. The molecule has 0 aliphatic rings. The van der Waals surface area contributed by atoms with Crippen LogP contribution in [0.1, 0.15) is 24.4 Å². The number of aromatic nitrogens is 3. The zero-order chi connectivity index (χ0) is 13.3. The molecule has 1 aromatic heterocycles. The fourth-order valence-electron chi connectivity index (χ4n) is 1.46. The predicted molar refractivity (Wildman–Crippen MR) is 76.6 cm³/mol. The molecule has 18 heavy (non-hydrogen) atoms. The number of benzene rings is 1. The summed E-state index contributed by atoms with van der Waals surface area (Å²) < 4.78 is 3.00. The number of aryl methyl sites for hydroxylation is 1. The molecule has 0 aliphatic heterocycles. The fraction of sp³-hybridized carbons (Fsp3) is 0.333. The van der Waals surface area contributed by atoms with Gasteiger partial charge in [-0.15, -0.1) is 10.2 Å². The van der Waals surface area contributed by atoms with Gasteiger partial charge in [0, 0.05) is 22.5 Å². The van der Waals surface area contributed by atoms with Crippen molar-refractivity contribution in [3.8, 4) is 0 Å². The molecule has 96 valence electrons. The van der Waals surface area contributed by atoms with E-state index in [0.29, 0.717) is 0 Å². The Hall–Kier alpha value is -0.850. The Morgan fingerprint density at radius 1 is 1.39 bits per heavy atom. The molecule has 0 aliphatic carbocycles. The summed E-state index contributed by atoms with van der Waals surface area (Å²) in [5.41, 5.74) is 6.97. The van der Waals surface area contributed by atoms with Crippen LogP contribution in [0.2, 0.25) is 0 Å². The van der Waals surface area contributed by atoms with Gasteiger partial charge < -0.3 is 10.3 Å². The van der Waals surface area contributed by atoms with Crippen LogP contribution < -0.4 is 5.73 Å². The molecule has 0 fully saturated rings. The van der Waals surface area contributed by atoms with Crippen LogP contribution in [0.3, 0.4) is 0 Å². The number of hydrogen-bond donors (Lipinski definition) is 1. The van der Waals surface area contributed by atoms with E-state index in [1.165, 1.54) is 0 Å². The van der Waals surface area contributed by atoms with Crippen LogP contribution in [0, 0.1) is 6.92 Å². The van der Waals surface area contributed by atoms with Crippen LogP contribution >= 0.6 is 27.7 Å². The van der Waals surface area contributed by atoms with Crippen LogP contribution in [0.5, 0.6) is 0 Å². The van der Waals surface area contributed by atoms with Crippen LogP contribution in [-0.2, 0) is 7.05 Å². The molecular weight excluding hydrogens is 312 g/mol. The molecule has 2 N–H and O–H groups in total. The maximum Gasteiger partial charge on any atom is 0.195 e. The molecule has 6 heteroatoms. The van der Waals surface area contributed by atoms with Gasteiger partial charge in [-0.3, -0.25) is 0 Å². The molecule has 2 rings (SSSR count). The molecule has 2 aromatic rings. The molecule has 0 saturated heterocycles. The summed E-state index contributed by atoms with van der Waals surface area (Å²) in [4.78, 5) is 1.11. The van der Waals surface area contributed by atoms with Gasteiger partial charge in [0.2, 0.25) is 0 Å². The largest absolute Gasteiger partial charge is 0.324 e. The number of halogens is 1. The van der Waals surface area contributed by atoms with Gasteiger partial charge in [-0.2, -0.15) is 0 Å². The first-order chi connectivity index (χ1) is 8.49. The van der Waals surface area contributed by atoms with E-state index < -0.39 is 0 Å². The summed E-state index contributed by atoms with van der Waals surface area (Å²) >= 11 is 5.15. The van der Waals surface area contributed by atoms with Crippen molar-refractivity contribution in [1.29, 1.82) is 0 Å². The third-order valence-electron chi connectivity index (χ3n) is 2.74. The van der Waals surface area contributed by atoms with Crippen LogP contribution in [0.25, 0.3) is 0 Å². The average Bonchev–Trinajstić information content (AvgIpc) is 2.63. The minimum absolute atomic E-state index is 0.0393. The van der Waals surface area contributed by atoms with Gasteiger partial charge in [-0.05, 0) is 59.2 Å². The van der Waals surface area contributed by atoms with E-state index in [2.05, 4.69) is 38.3 Å². The molecule has 0 radical (unpaired) electrons. The Morgan fingerprint density at radius 3 is 2.61 bits per heavy atom. The summed E-state index contributed by atoms with van der Waals surface area (Å²) in [5.74, 6) is 0.904. The monoisotopic (exact) mass is 326 g/mol. The molecule has 0 spiro atoms. The second-order valence-corrected chi connectivity index (χ2v) is 6.03. The second kappa shape index (κ2) is 5.42. The SMILES string of the molecule is Cc1nnc(Sc2ccc([C@H](C)N)cc2Br)n1C. The van der Waals surface area contributed by atoms with Gasteiger partial charge in [-0.25, -0.2) is 0 Å². The van der Waals surface area contributed by atoms with Crippen molar-refractivity contribution in [1.82, 2.24) is 14.8 Å². The Morgan fingerprint density at radius 2 is 2.11 bits per heavy atom. The van der Waals surface area contributed by atoms with Gasteiger partial charge in [-0.1, -0.05) is 6.07 Å². The molecule has 0 bridgehead atoms. The molecule has 0 saturated carbocycles. The third kappa shape index (κ3) is 2.76. The van der Waals surface area contributed by atoms with Gasteiger partial charge >= 0.3 is 0 Å². The molecule has 1 aromatic carbocycles. The van der Waals surface area contributed by atoms with Crippen LogP contribution in [0.15, 0.2) is 32.7 Å². The van der Waals surface area contributed by atoms with E-state index >= 15 is 0 Å². The lowest BCUT2D eigenvalue weighted by Crippen LogP contribution is -2.04. The zero-order valence-corrected chi connectivity index (χ0v) is 12.9. The highest BCUT2D eigenvalue weighted by atomic mass is 79.9. The lowest BCUT2D eigenvalue weighted by atomic mass is 10.1. The third-order valence-corrected chi connectivity index (χ3v) is 4.77. The Bertz CT molecular complexity index is 565. The standard InChI is InChI=1S/C12H15BrN4S/c1-7(14)9-4-5-11(10(13)6-9)18-12-16-15-8(2)17(12)3/h4-7H,14H2,1-3H3/t7-/m0/s1. The summed E-state index contributed by atoms with van der Waals surface area (Å²) in [6.45, 7) is 3.91. The summed E-state index contributed by atoms with van der Waals surface area (Å²) in [6, 6.07) is 6.19. The maximum absolute atomic E-state index is 5.86. The molecule has 0 unspecified atom stereocenters. The Labute approximate surface area is 119 Å². The molecule has 0 amide bonds. The van der Waals surface area contributed by atoms with Gasteiger partial charge in [0.15, 0.2) is 5.16 Å². The second-order valence-electron chi connectivity index (χ2n) is 4.17. The fourth-order valence-corrected chi connectivity index (χ4v) is 2.94. The van der Waals surface area contributed by atoms with Gasteiger partial charge in [0.25, 0.3) is 0 Å². The lowest BCUT2D eigenvalue weighted by Gasteiger charge is -2.09. The van der Waals surface area contributed by atoms with E-state index in [1.807, 2.05) is 31.5 Å². The van der Waals surface area contributed by atoms with E-state index in [0.717, 1.165) is 25.9 Å².